The Labute approximate surface area is 231 Å². The molecule has 210 valence electrons. The molecule has 2 aromatic rings. The fourth-order valence-electron chi connectivity index (χ4n) is 3.85. The van der Waals surface area contributed by atoms with E-state index in [1.807, 2.05) is 54.6 Å². The summed E-state index contributed by atoms with van der Waals surface area (Å²) in [6.07, 6.45) is 5.74. The van der Waals surface area contributed by atoms with E-state index in [1.165, 1.54) is 0 Å². The third kappa shape index (κ3) is 12.9. The van der Waals surface area contributed by atoms with Crippen LogP contribution in [0.3, 0.4) is 0 Å². The van der Waals surface area contributed by atoms with Crippen molar-refractivity contribution in [3.63, 3.8) is 0 Å². The van der Waals surface area contributed by atoms with Crippen molar-refractivity contribution < 1.29 is 29.0 Å². The van der Waals surface area contributed by atoms with E-state index in [4.69, 9.17) is 9.47 Å². The fourth-order valence-corrected chi connectivity index (χ4v) is 3.85. The minimum atomic E-state index is -0.619. The molecule has 3 N–H and O–H groups in total. The van der Waals surface area contributed by atoms with Crippen LogP contribution in [0.5, 0.6) is 5.75 Å². The number of amides is 2. The van der Waals surface area contributed by atoms with E-state index in [-0.39, 0.29) is 44.0 Å². The Kier molecular flexibility index (Phi) is 14.7. The van der Waals surface area contributed by atoms with Crippen LogP contribution in [-0.2, 0) is 32.1 Å². The van der Waals surface area contributed by atoms with Gasteiger partial charge in [-0.05, 0) is 48.9 Å². The molecule has 0 aromatic heterocycles. The van der Waals surface area contributed by atoms with Gasteiger partial charge < -0.3 is 25.2 Å². The predicted octanol–water partition coefficient (Wildman–Crippen LogP) is 3.88. The average Bonchev–Trinajstić information content (AvgIpc) is 2.95. The van der Waals surface area contributed by atoms with Gasteiger partial charge in [0.1, 0.15) is 19.0 Å². The Hall–Kier alpha value is -3.91. The van der Waals surface area contributed by atoms with Gasteiger partial charge in [0.05, 0.1) is 25.1 Å². The summed E-state index contributed by atoms with van der Waals surface area (Å²) >= 11 is 0. The number of rotatable bonds is 19. The summed E-state index contributed by atoms with van der Waals surface area (Å²) in [4.78, 5) is 36.9. The molecular weight excluding hydrogens is 496 g/mol. The molecule has 2 atom stereocenters. The van der Waals surface area contributed by atoms with Crippen molar-refractivity contribution in [2.24, 2.45) is 5.92 Å². The summed E-state index contributed by atoms with van der Waals surface area (Å²) in [5, 5.41) is 15.3. The fraction of sp³-hybridized carbons (Fsp3) is 0.387. The van der Waals surface area contributed by atoms with Crippen LogP contribution in [0, 0.1) is 5.92 Å². The summed E-state index contributed by atoms with van der Waals surface area (Å²) in [5.74, 6) is -0.872. The normalized spacial score (nSPS) is 12.0. The van der Waals surface area contributed by atoms with E-state index < -0.39 is 12.0 Å². The number of esters is 1. The molecule has 0 saturated carbocycles. The van der Waals surface area contributed by atoms with E-state index >= 15 is 0 Å². The lowest BCUT2D eigenvalue weighted by molar-refractivity contribution is -0.144. The molecule has 0 fully saturated rings. The highest BCUT2D eigenvalue weighted by Crippen LogP contribution is 2.16. The van der Waals surface area contributed by atoms with Crippen molar-refractivity contribution in [1.29, 1.82) is 0 Å². The molecule has 2 unspecified atom stereocenters. The molecule has 8 nitrogen and oxygen atoms in total. The predicted molar refractivity (Wildman–Crippen MR) is 151 cm³/mol. The van der Waals surface area contributed by atoms with Crippen molar-refractivity contribution in [1.82, 2.24) is 10.6 Å². The maximum atomic E-state index is 12.7. The molecule has 0 radical (unpaired) electrons. The number of carbonyl (C=O) groups excluding carboxylic acids is 3. The summed E-state index contributed by atoms with van der Waals surface area (Å²) in [7, 11) is 0. The number of hydrogen-bond donors (Lipinski definition) is 3. The van der Waals surface area contributed by atoms with Crippen LogP contribution in [0.25, 0.3) is 0 Å². The summed E-state index contributed by atoms with van der Waals surface area (Å²) in [6, 6.07) is 16.9. The van der Waals surface area contributed by atoms with Crippen molar-refractivity contribution in [2.45, 2.75) is 51.2 Å². The summed E-state index contributed by atoms with van der Waals surface area (Å²) < 4.78 is 10.9. The molecule has 0 aliphatic rings. The molecule has 39 heavy (non-hydrogen) atoms. The molecule has 0 aliphatic carbocycles. The van der Waals surface area contributed by atoms with Crippen molar-refractivity contribution in [3.05, 3.63) is 91.0 Å². The van der Waals surface area contributed by atoms with E-state index in [0.717, 1.165) is 23.3 Å². The smallest absolute Gasteiger partial charge is 0.305 e. The van der Waals surface area contributed by atoms with Gasteiger partial charge in [-0.15, -0.1) is 13.2 Å². The SMILES string of the molecule is C=CCCCC(=O)OCCNC(=O)C(CC=C)CC(=O)NC(CO)Cc1ccc(OCc2ccccc2)cc1. The molecule has 0 heterocycles. The van der Waals surface area contributed by atoms with E-state index in [1.54, 1.807) is 12.2 Å². The van der Waals surface area contributed by atoms with Crippen LogP contribution in [0.15, 0.2) is 79.9 Å². The lowest BCUT2D eigenvalue weighted by Gasteiger charge is -2.19. The topological polar surface area (TPSA) is 114 Å². The molecule has 0 bridgehead atoms. The van der Waals surface area contributed by atoms with Gasteiger partial charge in [-0.25, -0.2) is 0 Å². The number of benzene rings is 2. The quantitative estimate of drug-likeness (QED) is 0.143. The molecule has 0 spiro atoms. The van der Waals surface area contributed by atoms with Crippen molar-refractivity contribution in [2.75, 3.05) is 19.8 Å². The van der Waals surface area contributed by atoms with Crippen LogP contribution >= 0.6 is 0 Å². The maximum absolute atomic E-state index is 12.7. The number of unbranched alkanes of at least 4 members (excludes halogenated alkanes) is 1. The van der Waals surface area contributed by atoms with E-state index in [2.05, 4.69) is 23.8 Å². The highest BCUT2D eigenvalue weighted by Gasteiger charge is 2.22. The standard InChI is InChI=1S/C31H40N2O6/c1-3-5-7-13-30(36)38-19-18-32-31(37)26(10-4-2)21-29(35)33-27(22-34)20-24-14-16-28(17-15-24)39-23-25-11-8-6-9-12-25/h3-4,6,8-9,11-12,14-17,26-27,34H,1-2,5,7,10,13,18-23H2,(H,32,37)(H,33,35). The lowest BCUT2D eigenvalue weighted by Crippen LogP contribution is -2.42. The molecule has 8 heteroatoms. The second kappa shape index (κ2) is 18.4. The van der Waals surface area contributed by atoms with Crippen molar-refractivity contribution in [3.8, 4) is 5.75 Å². The number of ether oxygens (including phenoxy) is 2. The Balaban J connectivity index is 1.77. The van der Waals surface area contributed by atoms with Gasteiger partial charge in [-0.1, -0.05) is 54.6 Å². The van der Waals surface area contributed by atoms with Gasteiger partial charge in [0.25, 0.3) is 0 Å². The molecule has 2 aromatic carbocycles. The van der Waals surface area contributed by atoms with Crippen LogP contribution in [0.2, 0.25) is 0 Å². The zero-order valence-electron chi connectivity index (χ0n) is 22.5. The number of carbonyl (C=O) groups is 3. The Morgan fingerprint density at radius 1 is 0.974 bits per heavy atom. The van der Waals surface area contributed by atoms with Crippen LogP contribution in [0.1, 0.15) is 43.2 Å². The van der Waals surface area contributed by atoms with Gasteiger partial charge in [-0.2, -0.15) is 0 Å². The highest BCUT2D eigenvalue weighted by molar-refractivity contribution is 5.86. The minimum Gasteiger partial charge on any atom is -0.489 e. The van der Waals surface area contributed by atoms with E-state index in [0.29, 0.717) is 32.3 Å². The first-order valence-electron chi connectivity index (χ1n) is 13.3. The Morgan fingerprint density at radius 2 is 1.72 bits per heavy atom. The second-order valence-corrected chi connectivity index (χ2v) is 9.19. The highest BCUT2D eigenvalue weighted by atomic mass is 16.5. The zero-order valence-corrected chi connectivity index (χ0v) is 22.5. The number of allylic oxidation sites excluding steroid dienone is 2. The first kappa shape index (κ1) is 31.3. The molecule has 0 aliphatic heterocycles. The first-order chi connectivity index (χ1) is 18.9. The average molecular weight is 537 g/mol. The van der Waals surface area contributed by atoms with Crippen LogP contribution in [-0.4, -0.2) is 48.7 Å². The number of hydrogen-bond acceptors (Lipinski definition) is 6. The largest absolute Gasteiger partial charge is 0.489 e. The minimum absolute atomic E-state index is 0.0536. The second-order valence-electron chi connectivity index (χ2n) is 9.19. The van der Waals surface area contributed by atoms with Gasteiger partial charge in [0.15, 0.2) is 0 Å². The number of aliphatic hydroxyl groups is 1. The summed E-state index contributed by atoms with van der Waals surface area (Å²) in [5.41, 5.74) is 2.01. The third-order valence-electron chi connectivity index (χ3n) is 5.95. The molecule has 2 amide bonds. The Bertz CT molecular complexity index is 1040. The maximum Gasteiger partial charge on any atom is 0.305 e. The number of aliphatic hydroxyl groups excluding tert-OH is 1. The van der Waals surface area contributed by atoms with Crippen molar-refractivity contribution >= 4 is 17.8 Å². The van der Waals surface area contributed by atoms with Gasteiger partial charge in [0.2, 0.25) is 11.8 Å². The monoisotopic (exact) mass is 536 g/mol. The van der Waals surface area contributed by atoms with Crippen LogP contribution < -0.4 is 15.4 Å². The summed E-state index contributed by atoms with van der Waals surface area (Å²) in [6.45, 7) is 7.73. The molecule has 0 saturated heterocycles. The third-order valence-corrected chi connectivity index (χ3v) is 5.95. The lowest BCUT2D eigenvalue weighted by atomic mass is 9.99. The van der Waals surface area contributed by atoms with Gasteiger partial charge in [-0.3, -0.25) is 14.4 Å². The van der Waals surface area contributed by atoms with Gasteiger partial charge in [0, 0.05) is 12.8 Å². The first-order valence-corrected chi connectivity index (χ1v) is 13.3. The molecule has 2 rings (SSSR count). The molecular formula is C31H40N2O6. The number of nitrogens with one attached hydrogen (secondary N) is 2. The zero-order chi connectivity index (χ0) is 28.3. The Morgan fingerprint density at radius 3 is 2.38 bits per heavy atom. The van der Waals surface area contributed by atoms with Crippen LogP contribution in [0.4, 0.5) is 0 Å². The van der Waals surface area contributed by atoms with E-state index in [9.17, 15) is 19.5 Å². The van der Waals surface area contributed by atoms with Gasteiger partial charge >= 0.3 is 5.97 Å².